The van der Waals surface area contributed by atoms with Crippen LogP contribution in [-0.2, 0) is 4.79 Å². The van der Waals surface area contributed by atoms with Gasteiger partial charge in [0, 0.05) is 11.2 Å². The van der Waals surface area contributed by atoms with Gasteiger partial charge in [-0.25, -0.2) is 0 Å². The largest absolute Gasteiger partial charge is 0.393 e. The number of aliphatic hydroxyl groups is 2. The molecule has 4 nitrogen and oxygen atoms in total. The second kappa shape index (κ2) is 5.51. The zero-order valence-electron chi connectivity index (χ0n) is 14.6. The van der Waals surface area contributed by atoms with Crippen LogP contribution < -0.4 is 5.73 Å². The van der Waals surface area contributed by atoms with Crippen LogP contribution in [0.2, 0.25) is 0 Å². The Bertz CT molecular complexity index is 557. The summed E-state index contributed by atoms with van der Waals surface area (Å²) in [5, 5.41) is 21.3. The van der Waals surface area contributed by atoms with Gasteiger partial charge in [0.1, 0.15) is 5.78 Å². The number of fused-ring (bicyclic) bond motifs is 5. The number of rotatable bonds is 0. The zero-order valence-corrected chi connectivity index (χ0v) is 16.2. The highest BCUT2D eigenvalue weighted by atomic mass is 79.9. The van der Waals surface area contributed by atoms with Crippen molar-refractivity contribution in [2.24, 2.45) is 40.2 Å². The van der Waals surface area contributed by atoms with Crippen LogP contribution in [0.15, 0.2) is 0 Å². The van der Waals surface area contributed by atoms with Crippen LogP contribution >= 0.6 is 15.9 Å². The fourth-order valence-electron chi connectivity index (χ4n) is 7.02. The number of ketones is 1. The van der Waals surface area contributed by atoms with Gasteiger partial charge in [0.25, 0.3) is 0 Å². The number of nitrogens with two attached hydrogens (primary N) is 1. The quantitative estimate of drug-likeness (QED) is 0.545. The second-order valence-corrected chi connectivity index (χ2v) is 10.5. The maximum atomic E-state index is 12.4. The first-order chi connectivity index (χ1) is 11.2. The molecule has 0 saturated heterocycles. The van der Waals surface area contributed by atoms with Crippen molar-refractivity contribution in [3.63, 3.8) is 0 Å². The summed E-state index contributed by atoms with van der Waals surface area (Å²) in [7, 11) is 0. The average Bonchev–Trinajstić information content (AvgIpc) is 2.77. The summed E-state index contributed by atoms with van der Waals surface area (Å²) >= 11 is 3.79. The topological polar surface area (TPSA) is 83.5 Å². The average molecular weight is 400 g/mol. The van der Waals surface area contributed by atoms with E-state index < -0.39 is 6.10 Å². The summed E-state index contributed by atoms with van der Waals surface area (Å²) in [4.78, 5) is 12.4. The minimum Gasteiger partial charge on any atom is -0.393 e. The Morgan fingerprint density at radius 2 is 1.75 bits per heavy atom. The van der Waals surface area contributed by atoms with Crippen LogP contribution in [-0.4, -0.2) is 39.1 Å². The molecule has 4 rings (SSSR count). The molecule has 4 fully saturated rings. The Morgan fingerprint density at radius 3 is 2.46 bits per heavy atom. The van der Waals surface area contributed by atoms with E-state index in [-0.39, 0.29) is 45.4 Å². The summed E-state index contributed by atoms with van der Waals surface area (Å²) in [5.74, 6) is 1.23. The van der Waals surface area contributed by atoms with E-state index in [0.717, 1.165) is 32.1 Å². The molecular weight excluding hydrogens is 370 g/mol. The molecule has 0 aromatic rings. The number of carbonyl (C=O) groups excluding carboxylic acids is 1. The molecule has 4 N–H and O–H groups in total. The number of hydrogen-bond donors (Lipinski definition) is 3. The van der Waals surface area contributed by atoms with Gasteiger partial charge in [0.2, 0.25) is 0 Å². The van der Waals surface area contributed by atoms with Crippen molar-refractivity contribution in [2.75, 3.05) is 0 Å². The predicted molar refractivity (Wildman–Crippen MR) is 95.6 cm³/mol. The van der Waals surface area contributed by atoms with Crippen LogP contribution in [0, 0.1) is 34.5 Å². The molecule has 0 spiro atoms. The molecule has 0 aliphatic heterocycles. The zero-order chi connectivity index (χ0) is 17.4. The third-order valence-electron chi connectivity index (χ3n) is 8.59. The molecular formula is C19H30BrNO3. The van der Waals surface area contributed by atoms with Gasteiger partial charge in [-0.1, -0.05) is 29.8 Å². The predicted octanol–water partition coefficient (Wildman–Crippen LogP) is 2.24. The van der Waals surface area contributed by atoms with Crippen LogP contribution in [0.5, 0.6) is 0 Å². The number of carbonyl (C=O) groups is 1. The van der Waals surface area contributed by atoms with Crippen molar-refractivity contribution in [2.45, 2.75) is 75.4 Å². The fourth-order valence-corrected chi connectivity index (χ4v) is 8.20. The first-order valence-corrected chi connectivity index (χ1v) is 10.4. The van der Waals surface area contributed by atoms with E-state index in [1.807, 2.05) is 0 Å². The minimum atomic E-state index is -0.457. The van der Waals surface area contributed by atoms with Crippen molar-refractivity contribution in [1.29, 1.82) is 0 Å². The van der Waals surface area contributed by atoms with E-state index in [1.54, 1.807) is 0 Å². The molecule has 4 aliphatic carbocycles. The van der Waals surface area contributed by atoms with Gasteiger partial charge >= 0.3 is 0 Å². The summed E-state index contributed by atoms with van der Waals surface area (Å²) in [6, 6.07) is -0.372. The monoisotopic (exact) mass is 399 g/mol. The Hall–Kier alpha value is 0.0300. The molecule has 1 unspecified atom stereocenters. The molecule has 136 valence electrons. The number of aliphatic hydroxyl groups excluding tert-OH is 2. The smallest absolute Gasteiger partial charge is 0.150 e. The van der Waals surface area contributed by atoms with Gasteiger partial charge in [-0.15, -0.1) is 0 Å². The first-order valence-electron chi connectivity index (χ1n) is 9.48. The Balaban J connectivity index is 1.73. The maximum Gasteiger partial charge on any atom is 0.150 e. The number of hydrogen-bond acceptors (Lipinski definition) is 4. The molecule has 24 heavy (non-hydrogen) atoms. The van der Waals surface area contributed by atoms with Crippen molar-refractivity contribution in [1.82, 2.24) is 0 Å². The van der Waals surface area contributed by atoms with Gasteiger partial charge in [0.05, 0.1) is 18.2 Å². The number of alkyl halides is 1. The van der Waals surface area contributed by atoms with E-state index in [9.17, 15) is 15.0 Å². The van der Waals surface area contributed by atoms with Crippen LogP contribution in [0.3, 0.4) is 0 Å². The van der Waals surface area contributed by atoms with Crippen molar-refractivity contribution < 1.29 is 15.0 Å². The normalized spacial score (nSPS) is 60.3. The molecule has 0 amide bonds. The molecule has 0 aromatic carbocycles. The van der Waals surface area contributed by atoms with Crippen LogP contribution in [0.4, 0.5) is 0 Å². The summed E-state index contributed by atoms with van der Waals surface area (Å²) in [5.41, 5.74) is 6.25. The Labute approximate surface area is 152 Å². The lowest BCUT2D eigenvalue weighted by atomic mass is 9.44. The summed E-state index contributed by atoms with van der Waals surface area (Å²) in [6.45, 7) is 4.53. The third kappa shape index (κ3) is 2.11. The van der Waals surface area contributed by atoms with E-state index in [1.165, 1.54) is 0 Å². The summed E-state index contributed by atoms with van der Waals surface area (Å²) < 4.78 is 0. The molecule has 10 atom stereocenters. The maximum absolute atomic E-state index is 12.4. The lowest BCUT2D eigenvalue weighted by Gasteiger charge is -2.63. The van der Waals surface area contributed by atoms with Gasteiger partial charge < -0.3 is 15.9 Å². The van der Waals surface area contributed by atoms with Crippen LogP contribution in [0.25, 0.3) is 0 Å². The molecule has 0 bridgehead atoms. The highest BCUT2D eigenvalue weighted by Gasteiger charge is 2.65. The molecule has 4 aliphatic rings. The Kier molecular flexibility index (Phi) is 4.01. The molecule has 4 saturated carbocycles. The highest BCUT2D eigenvalue weighted by molar-refractivity contribution is 9.09. The fraction of sp³-hybridized carbons (Fsp3) is 0.947. The molecule has 5 heteroatoms. The van der Waals surface area contributed by atoms with E-state index >= 15 is 0 Å². The van der Waals surface area contributed by atoms with Crippen molar-refractivity contribution in [3.05, 3.63) is 0 Å². The van der Waals surface area contributed by atoms with E-state index in [4.69, 9.17) is 5.73 Å². The van der Waals surface area contributed by atoms with Gasteiger partial charge in [-0.05, 0) is 66.6 Å². The number of Topliss-reactive ketones (excluding diaryl/α,β-unsaturated/α-hetero) is 1. The first kappa shape index (κ1) is 17.4. The van der Waals surface area contributed by atoms with E-state index in [0.29, 0.717) is 18.3 Å². The molecule has 0 radical (unpaired) electrons. The Morgan fingerprint density at radius 1 is 1.08 bits per heavy atom. The molecule has 0 aromatic heterocycles. The van der Waals surface area contributed by atoms with Crippen molar-refractivity contribution >= 4 is 21.7 Å². The standard InChI is InChI=1S/C19H30BrNO3/c1-18-5-3-9(22)7-12(18)15(20)16(24)14-10(18)4-6-19(2)11(14)8-13(23)17(19)21/h9-12,14-17,22,24H,3-8,21H2,1-2H3/t9-,10-,11-,12?,14+,15+,16+,17-,18+,19-/m0/s1. The van der Waals surface area contributed by atoms with Gasteiger partial charge in [-0.3, -0.25) is 4.79 Å². The van der Waals surface area contributed by atoms with E-state index in [2.05, 4.69) is 29.8 Å². The van der Waals surface area contributed by atoms with Crippen LogP contribution in [0.1, 0.15) is 52.4 Å². The lowest BCUT2D eigenvalue weighted by Crippen LogP contribution is -2.63. The SMILES string of the molecule is C[C@]12CC[C@H]3[C@@H]([C@@H](O)[C@H](Br)C4C[C@@H](O)CC[C@@]43C)[C@@H]1CC(=O)[C@@H]2N. The third-order valence-corrected chi connectivity index (χ3v) is 9.77. The second-order valence-electron chi connectivity index (χ2n) is 9.46. The van der Waals surface area contributed by atoms with Gasteiger partial charge in [-0.2, -0.15) is 0 Å². The minimum absolute atomic E-state index is 0.00650. The number of halogens is 1. The molecule has 0 heterocycles. The highest BCUT2D eigenvalue weighted by Crippen LogP contribution is 2.66. The van der Waals surface area contributed by atoms with Gasteiger partial charge in [0.15, 0.2) is 0 Å². The van der Waals surface area contributed by atoms with Crippen molar-refractivity contribution in [3.8, 4) is 0 Å². The lowest BCUT2D eigenvalue weighted by molar-refractivity contribution is -0.164. The summed E-state index contributed by atoms with van der Waals surface area (Å²) in [6.07, 6.45) is 4.48.